The van der Waals surface area contributed by atoms with Crippen molar-refractivity contribution in [3.05, 3.63) is 42.2 Å². The number of aliphatic hydroxyl groups is 1. The largest absolute Gasteiger partial charge is 0.392 e. The first kappa shape index (κ1) is 17.5. The second-order valence-corrected chi connectivity index (χ2v) is 5.21. The fourth-order valence-corrected chi connectivity index (χ4v) is 2.00. The van der Waals surface area contributed by atoms with Crippen LogP contribution in [0.25, 0.3) is 0 Å². The van der Waals surface area contributed by atoms with Crippen molar-refractivity contribution in [3.8, 4) is 0 Å². The Morgan fingerprint density at radius 3 is 2.62 bits per heavy atom. The van der Waals surface area contributed by atoms with Gasteiger partial charge in [-0.3, -0.25) is 4.31 Å². The number of benzene rings is 1. The van der Waals surface area contributed by atoms with Gasteiger partial charge in [-0.15, -0.1) is 10.2 Å². The number of rotatable bonds is 7. The van der Waals surface area contributed by atoms with Crippen LogP contribution in [0.2, 0.25) is 0 Å². The Labute approximate surface area is 133 Å². The smallest absolute Gasteiger partial charge is 0.140 e. The molecule has 0 atom stereocenters. The molecule has 0 aromatic heterocycles. The van der Waals surface area contributed by atoms with Gasteiger partial charge in [0, 0.05) is 24.9 Å². The number of nitrogens with one attached hydrogen (secondary N) is 1. The van der Waals surface area contributed by atoms with E-state index >= 15 is 0 Å². The number of hydrogen-bond donors (Lipinski definition) is 2. The standard InChI is InChI=1S/C13H19N5OS2/c1-11(18(21-3)9-8-14-20-2)15-17-16-13-6-4-12(10-19)5-7-13/h4-9,14,19H,10H2,1-3H3/b9-8-,15-11+,17-16?. The van der Waals surface area contributed by atoms with Gasteiger partial charge in [0.2, 0.25) is 0 Å². The van der Waals surface area contributed by atoms with Gasteiger partial charge in [-0.1, -0.05) is 24.1 Å². The van der Waals surface area contributed by atoms with Gasteiger partial charge in [0.1, 0.15) is 5.84 Å². The van der Waals surface area contributed by atoms with Crippen LogP contribution in [0.15, 0.2) is 52.1 Å². The van der Waals surface area contributed by atoms with Crippen LogP contribution in [0, 0.1) is 0 Å². The molecule has 1 rings (SSSR count). The van der Waals surface area contributed by atoms with Crippen molar-refractivity contribution >= 4 is 35.4 Å². The van der Waals surface area contributed by atoms with Crippen LogP contribution in [-0.4, -0.2) is 27.8 Å². The molecular formula is C13H19N5OS2. The summed E-state index contributed by atoms with van der Waals surface area (Å²) >= 11 is 3.03. The number of aliphatic hydroxyl groups excluding tert-OH is 1. The second-order valence-electron chi connectivity index (χ2n) is 3.81. The minimum Gasteiger partial charge on any atom is -0.392 e. The summed E-state index contributed by atoms with van der Waals surface area (Å²) in [5.41, 5.74) is 1.53. The molecule has 8 heteroatoms. The van der Waals surface area contributed by atoms with E-state index in [0.717, 1.165) is 11.4 Å². The SMILES string of the molecule is CSN/C=C\N(SC)/C(C)=N/N=Nc1ccc(CO)cc1. The van der Waals surface area contributed by atoms with E-state index in [0.29, 0.717) is 5.69 Å². The average molecular weight is 325 g/mol. The molecule has 0 fully saturated rings. The van der Waals surface area contributed by atoms with Gasteiger partial charge >= 0.3 is 0 Å². The van der Waals surface area contributed by atoms with E-state index in [9.17, 15) is 0 Å². The number of amidine groups is 1. The second kappa shape index (κ2) is 10.3. The summed E-state index contributed by atoms with van der Waals surface area (Å²) in [5, 5.41) is 20.9. The Bertz CT molecular complexity index is 502. The van der Waals surface area contributed by atoms with E-state index in [1.165, 1.54) is 23.9 Å². The molecule has 0 amide bonds. The zero-order valence-corrected chi connectivity index (χ0v) is 13.9. The van der Waals surface area contributed by atoms with Crippen molar-refractivity contribution in [2.45, 2.75) is 13.5 Å². The molecule has 21 heavy (non-hydrogen) atoms. The van der Waals surface area contributed by atoms with E-state index in [-0.39, 0.29) is 6.61 Å². The highest BCUT2D eigenvalue weighted by Gasteiger charge is 2.00. The summed E-state index contributed by atoms with van der Waals surface area (Å²) in [6.07, 6.45) is 7.59. The average Bonchev–Trinajstić information content (AvgIpc) is 2.52. The van der Waals surface area contributed by atoms with Crippen LogP contribution < -0.4 is 4.72 Å². The van der Waals surface area contributed by atoms with Crippen molar-refractivity contribution in [2.75, 3.05) is 12.5 Å². The Hall–Kier alpha value is -1.51. The highest BCUT2D eigenvalue weighted by atomic mass is 32.2. The van der Waals surface area contributed by atoms with Gasteiger partial charge in [0.25, 0.3) is 0 Å². The minimum atomic E-state index is 0.0216. The molecular weight excluding hydrogens is 306 g/mol. The quantitative estimate of drug-likeness (QED) is 0.264. The molecule has 0 radical (unpaired) electrons. The third-order valence-corrected chi connectivity index (χ3v) is 3.53. The summed E-state index contributed by atoms with van der Waals surface area (Å²) < 4.78 is 4.88. The third-order valence-electron chi connectivity index (χ3n) is 2.38. The van der Waals surface area contributed by atoms with Crippen LogP contribution in [0.5, 0.6) is 0 Å². The molecule has 0 heterocycles. The lowest BCUT2D eigenvalue weighted by atomic mass is 10.2. The summed E-state index contributed by atoms with van der Waals surface area (Å²) in [6, 6.07) is 7.18. The fourth-order valence-electron chi connectivity index (χ4n) is 1.32. The maximum atomic E-state index is 8.96. The lowest BCUT2D eigenvalue weighted by Crippen LogP contribution is -2.14. The van der Waals surface area contributed by atoms with Crippen LogP contribution in [0.3, 0.4) is 0 Å². The summed E-state index contributed by atoms with van der Waals surface area (Å²) in [7, 11) is 0. The van der Waals surface area contributed by atoms with Crippen molar-refractivity contribution < 1.29 is 5.11 Å². The molecule has 2 N–H and O–H groups in total. The lowest BCUT2D eigenvalue weighted by molar-refractivity contribution is 0.282. The number of nitrogens with zero attached hydrogens (tertiary/aromatic N) is 4. The summed E-state index contributed by atoms with van der Waals surface area (Å²) in [6.45, 7) is 1.88. The lowest BCUT2D eigenvalue weighted by Gasteiger charge is -2.14. The molecule has 0 unspecified atom stereocenters. The van der Waals surface area contributed by atoms with E-state index in [4.69, 9.17) is 5.11 Å². The van der Waals surface area contributed by atoms with Crippen molar-refractivity contribution in [2.24, 2.45) is 15.4 Å². The molecule has 0 saturated heterocycles. The van der Waals surface area contributed by atoms with Crippen molar-refractivity contribution in [1.29, 1.82) is 0 Å². The van der Waals surface area contributed by atoms with E-state index in [2.05, 4.69) is 20.2 Å². The van der Waals surface area contributed by atoms with Crippen LogP contribution in [-0.2, 0) is 6.61 Å². The van der Waals surface area contributed by atoms with Gasteiger partial charge in [0.15, 0.2) is 0 Å². The van der Waals surface area contributed by atoms with Gasteiger partial charge in [0.05, 0.1) is 12.3 Å². The Kier molecular flexibility index (Phi) is 8.56. The molecule has 0 aliphatic heterocycles. The molecule has 0 spiro atoms. The molecule has 1 aromatic rings. The molecule has 0 saturated carbocycles. The van der Waals surface area contributed by atoms with Crippen LogP contribution in [0.1, 0.15) is 12.5 Å². The molecule has 1 aromatic carbocycles. The van der Waals surface area contributed by atoms with E-state index in [1.54, 1.807) is 24.3 Å². The van der Waals surface area contributed by atoms with Gasteiger partial charge in [-0.2, -0.15) is 0 Å². The first-order valence-electron chi connectivity index (χ1n) is 6.15. The molecule has 0 bridgehead atoms. The molecule has 0 aliphatic rings. The van der Waals surface area contributed by atoms with Crippen molar-refractivity contribution in [3.63, 3.8) is 0 Å². The molecule has 6 nitrogen and oxygen atoms in total. The fraction of sp³-hybridized carbons (Fsp3) is 0.308. The highest BCUT2D eigenvalue weighted by molar-refractivity contribution is 7.97. The number of hydrogen-bond acceptors (Lipinski definition) is 6. The monoisotopic (exact) mass is 325 g/mol. The predicted molar refractivity (Wildman–Crippen MR) is 91.1 cm³/mol. The minimum absolute atomic E-state index is 0.0216. The maximum absolute atomic E-state index is 8.96. The summed E-state index contributed by atoms with van der Waals surface area (Å²) in [5.74, 6) is 0.720. The summed E-state index contributed by atoms with van der Waals surface area (Å²) in [4.78, 5) is 0. The highest BCUT2D eigenvalue weighted by Crippen LogP contribution is 2.14. The Balaban J connectivity index is 2.65. The van der Waals surface area contributed by atoms with Crippen LogP contribution >= 0.6 is 23.9 Å². The van der Waals surface area contributed by atoms with E-state index in [1.807, 2.05) is 36.1 Å². The third kappa shape index (κ3) is 6.65. The topological polar surface area (TPSA) is 72.6 Å². The van der Waals surface area contributed by atoms with Gasteiger partial charge < -0.3 is 9.83 Å². The van der Waals surface area contributed by atoms with Crippen LogP contribution in [0.4, 0.5) is 5.69 Å². The van der Waals surface area contributed by atoms with Gasteiger partial charge in [-0.05, 0) is 41.8 Å². The Morgan fingerprint density at radius 1 is 1.33 bits per heavy atom. The molecule has 114 valence electrons. The predicted octanol–water partition coefficient (Wildman–Crippen LogP) is 3.51. The first-order valence-corrected chi connectivity index (χ1v) is 8.55. The Morgan fingerprint density at radius 2 is 2.05 bits per heavy atom. The maximum Gasteiger partial charge on any atom is 0.140 e. The van der Waals surface area contributed by atoms with Crippen molar-refractivity contribution in [1.82, 2.24) is 9.03 Å². The zero-order chi connectivity index (χ0) is 15.5. The van der Waals surface area contributed by atoms with E-state index < -0.39 is 0 Å². The molecule has 0 aliphatic carbocycles. The first-order chi connectivity index (χ1) is 10.2. The van der Waals surface area contributed by atoms with Gasteiger partial charge in [-0.25, -0.2) is 0 Å². The zero-order valence-electron chi connectivity index (χ0n) is 12.2. The normalized spacial score (nSPS) is 12.3.